The van der Waals surface area contributed by atoms with E-state index in [9.17, 15) is 8.42 Å². The number of hydrogen-bond acceptors (Lipinski definition) is 5. The van der Waals surface area contributed by atoms with E-state index in [0.717, 1.165) is 12.2 Å². The molecule has 0 saturated heterocycles. The number of nitrogens with zero attached hydrogens (tertiary/aromatic N) is 3. The largest absolute Gasteiger partial charge is 0.313 e. The standard InChI is InChI=1S/C9H18N4O2S/c1-4-10-9(7-16(3,14)15)5-8-6-13(2)12-11-8/h6,9-10H,4-5,7H2,1-3H3. The van der Waals surface area contributed by atoms with Gasteiger partial charge in [0.2, 0.25) is 0 Å². The first-order valence-corrected chi connectivity index (χ1v) is 7.23. The van der Waals surface area contributed by atoms with Crippen molar-refractivity contribution in [3.8, 4) is 0 Å². The van der Waals surface area contributed by atoms with Gasteiger partial charge in [-0.3, -0.25) is 4.68 Å². The Morgan fingerprint density at radius 1 is 1.56 bits per heavy atom. The van der Waals surface area contributed by atoms with Crippen LogP contribution in [-0.2, 0) is 23.3 Å². The van der Waals surface area contributed by atoms with Gasteiger partial charge in [0, 0.05) is 32.0 Å². The molecule has 92 valence electrons. The lowest BCUT2D eigenvalue weighted by atomic mass is 10.2. The van der Waals surface area contributed by atoms with Crippen molar-refractivity contribution < 1.29 is 8.42 Å². The van der Waals surface area contributed by atoms with Crippen molar-refractivity contribution in [1.82, 2.24) is 20.3 Å². The fourth-order valence-electron chi connectivity index (χ4n) is 1.59. The summed E-state index contributed by atoms with van der Waals surface area (Å²) in [5.41, 5.74) is 0.803. The van der Waals surface area contributed by atoms with Crippen molar-refractivity contribution in [2.75, 3.05) is 18.6 Å². The zero-order chi connectivity index (χ0) is 12.2. The van der Waals surface area contributed by atoms with Crippen LogP contribution >= 0.6 is 0 Å². The molecule has 6 nitrogen and oxygen atoms in total. The molecule has 0 spiro atoms. The Balaban J connectivity index is 2.64. The molecule has 0 fully saturated rings. The summed E-state index contributed by atoms with van der Waals surface area (Å²) in [7, 11) is -1.19. The smallest absolute Gasteiger partial charge is 0.148 e. The quantitative estimate of drug-likeness (QED) is 0.724. The minimum atomic E-state index is -2.98. The molecule has 7 heteroatoms. The highest BCUT2D eigenvalue weighted by atomic mass is 32.2. The summed E-state index contributed by atoms with van der Waals surface area (Å²) in [6.07, 6.45) is 3.62. The second kappa shape index (κ2) is 5.40. The molecule has 1 aromatic heterocycles. The van der Waals surface area contributed by atoms with Gasteiger partial charge in [0.25, 0.3) is 0 Å². The van der Waals surface area contributed by atoms with Crippen LogP contribution in [0.15, 0.2) is 6.20 Å². The third-order valence-electron chi connectivity index (χ3n) is 2.10. The van der Waals surface area contributed by atoms with Crippen LogP contribution < -0.4 is 5.32 Å². The number of aromatic nitrogens is 3. The van der Waals surface area contributed by atoms with Gasteiger partial charge in [-0.2, -0.15) is 0 Å². The number of likely N-dealkylation sites (N-methyl/N-ethyl adjacent to an activating group) is 1. The Bertz CT molecular complexity index is 426. The third-order valence-corrected chi connectivity index (χ3v) is 3.11. The minimum Gasteiger partial charge on any atom is -0.313 e. The molecule has 1 heterocycles. The number of nitrogens with one attached hydrogen (secondary N) is 1. The van der Waals surface area contributed by atoms with Crippen LogP contribution in [0.1, 0.15) is 12.6 Å². The fraction of sp³-hybridized carbons (Fsp3) is 0.778. The van der Waals surface area contributed by atoms with Crippen LogP contribution in [0.4, 0.5) is 0 Å². The van der Waals surface area contributed by atoms with Crippen molar-refractivity contribution >= 4 is 9.84 Å². The molecule has 1 N–H and O–H groups in total. The molecule has 0 amide bonds. The molecule has 0 aromatic carbocycles. The molecule has 0 aliphatic heterocycles. The molecule has 0 bridgehead atoms. The van der Waals surface area contributed by atoms with Gasteiger partial charge in [-0.05, 0) is 6.54 Å². The van der Waals surface area contributed by atoms with E-state index in [4.69, 9.17) is 0 Å². The lowest BCUT2D eigenvalue weighted by molar-refractivity contribution is 0.540. The first kappa shape index (κ1) is 13.1. The maximum Gasteiger partial charge on any atom is 0.148 e. The lowest BCUT2D eigenvalue weighted by Gasteiger charge is -2.14. The summed E-state index contributed by atoms with van der Waals surface area (Å²) in [4.78, 5) is 0. The van der Waals surface area contributed by atoms with E-state index in [1.165, 1.54) is 6.26 Å². The summed E-state index contributed by atoms with van der Waals surface area (Å²) >= 11 is 0. The Morgan fingerprint density at radius 3 is 2.69 bits per heavy atom. The van der Waals surface area contributed by atoms with Crippen molar-refractivity contribution in [1.29, 1.82) is 0 Å². The molecule has 1 unspecified atom stereocenters. The van der Waals surface area contributed by atoms with Crippen LogP contribution in [0, 0.1) is 0 Å². The van der Waals surface area contributed by atoms with Gasteiger partial charge in [0.1, 0.15) is 9.84 Å². The van der Waals surface area contributed by atoms with Crippen LogP contribution in [0.5, 0.6) is 0 Å². The Labute approximate surface area is 96.0 Å². The average molecular weight is 246 g/mol. The number of rotatable bonds is 6. The zero-order valence-corrected chi connectivity index (χ0v) is 10.7. The van der Waals surface area contributed by atoms with Gasteiger partial charge in [-0.1, -0.05) is 12.1 Å². The molecule has 1 aromatic rings. The molecule has 1 rings (SSSR count). The predicted molar refractivity (Wildman–Crippen MR) is 61.9 cm³/mol. The van der Waals surface area contributed by atoms with E-state index in [2.05, 4.69) is 15.6 Å². The molecular formula is C9H18N4O2S. The number of aryl methyl sites for hydroxylation is 1. The third kappa shape index (κ3) is 4.71. The SMILES string of the molecule is CCNC(Cc1cn(C)nn1)CS(C)(=O)=O. The molecule has 0 radical (unpaired) electrons. The van der Waals surface area contributed by atoms with E-state index < -0.39 is 9.84 Å². The number of hydrogen-bond donors (Lipinski definition) is 1. The summed E-state index contributed by atoms with van der Waals surface area (Å²) in [5.74, 6) is 0.122. The van der Waals surface area contributed by atoms with E-state index in [-0.39, 0.29) is 11.8 Å². The van der Waals surface area contributed by atoms with Gasteiger partial charge in [0.05, 0.1) is 11.4 Å². The van der Waals surface area contributed by atoms with E-state index >= 15 is 0 Å². The lowest BCUT2D eigenvalue weighted by Crippen LogP contribution is -2.37. The molecule has 16 heavy (non-hydrogen) atoms. The molecular weight excluding hydrogens is 228 g/mol. The molecule has 1 atom stereocenters. The molecule has 0 aliphatic carbocycles. The predicted octanol–water partition coefficient (Wildman–Crippen LogP) is -0.620. The summed E-state index contributed by atoms with van der Waals surface area (Å²) in [6.45, 7) is 2.69. The maximum absolute atomic E-state index is 11.2. The van der Waals surface area contributed by atoms with Gasteiger partial charge in [-0.15, -0.1) is 5.10 Å². The van der Waals surface area contributed by atoms with Gasteiger partial charge in [0.15, 0.2) is 0 Å². The summed E-state index contributed by atoms with van der Waals surface area (Å²) < 4.78 is 24.1. The van der Waals surface area contributed by atoms with Crippen LogP contribution in [0.3, 0.4) is 0 Å². The van der Waals surface area contributed by atoms with Crippen molar-refractivity contribution in [3.63, 3.8) is 0 Å². The topological polar surface area (TPSA) is 76.9 Å². The first-order chi connectivity index (χ1) is 7.40. The Morgan fingerprint density at radius 2 is 2.25 bits per heavy atom. The van der Waals surface area contributed by atoms with Crippen LogP contribution in [-0.4, -0.2) is 48.0 Å². The monoisotopic (exact) mass is 246 g/mol. The number of sulfone groups is 1. The van der Waals surface area contributed by atoms with Crippen molar-refractivity contribution in [2.24, 2.45) is 7.05 Å². The Hall–Kier alpha value is -0.950. The minimum absolute atomic E-state index is 0.100. The molecule has 0 saturated carbocycles. The van der Waals surface area contributed by atoms with Gasteiger partial charge in [-0.25, -0.2) is 8.42 Å². The highest BCUT2D eigenvalue weighted by molar-refractivity contribution is 7.90. The second-order valence-electron chi connectivity index (χ2n) is 3.93. The van der Waals surface area contributed by atoms with E-state index in [1.807, 2.05) is 6.92 Å². The normalized spacial score (nSPS) is 13.9. The average Bonchev–Trinajstić information content (AvgIpc) is 2.48. The fourth-order valence-corrected chi connectivity index (χ4v) is 2.55. The van der Waals surface area contributed by atoms with E-state index in [1.54, 1.807) is 17.9 Å². The second-order valence-corrected chi connectivity index (χ2v) is 6.12. The highest BCUT2D eigenvalue weighted by Gasteiger charge is 2.16. The van der Waals surface area contributed by atoms with Crippen LogP contribution in [0.2, 0.25) is 0 Å². The van der Waals surface area contributed by atoms with Gasteiger partial charge >= 0.3 is 0 Å². The maximum atomic E-state index is 11.2. The summed E-state index contributed by atoms with van der Waals surface area (Å²) in [5, 5.41) is 10.9. The van der Waals surface area contributed by atoms with Gasteiger partial charge < -0.3 is 5.32 Å². The van der Waals surface area contributed by atoms with E-state index in [0.29, 0.717) is 6.42 Å². The Kier molecular flexibility index (Phi) is 4.43. The van der Waals surface area contributed by atoms with Crippen LogP contribution in [0.25, 0.3) is 0 Å². The highest BCUT2D eigenvalue weighted by Crippen LogP contribution is 2.01. The van der Waals surface area contributed by atoms with Crippen molar-refractivity contribution in [3.05, 3.63) is 11.9 Å². The molecule has 0 aliphatic rings. The summed E-state index contributed by atoms with van der Waals surface area (Å²) in [6, 6.07) is -0.100. The van der Waals surface area contributed by atoms with Crippen molar-refractivity contribution in [2.45, 2.75) is 19.4 Å². The zero-order valence-electron chi connectivity index (χ0n) is 9.84. The first-order valence-electron chi connectivity index (χ1n) is 5.17.